The van der Waals surface area contributed by atoms with Crippen molar-refractivity contribution < 1.29 is 9.18 Å². The van der Waals surface area contributed by atoms with Crippen LogP contribution in [0.15, 0.2) is 24.3 Å². The van der Waals surface area contributed by atoms with Crippen LogP contribution in [0.5, 0.6) is 0 Å². The van der Waals surface area contributed by atoms with Crippen molar-refractivity contribution in [2.45, 2.75) is 33.6 Å². The first-order chi connectivity index (χ1) is 12.5. The highest BCUT2D eigenvalue weighted by Gasteiger charge is 2.27. The third-order valence-corrected chi connectivity index (χ3v) is 5.16. The Bertz CT molecular complexity index is 767. The Balaban J connectivity index is 0.00000261. The van der Waals surface area contributed by atoms with Gasteiger partial charge in [0.15, 0.2) is 0 Å². The van der Waals surface area contributed by atoms with Crippen molar-refractivity contribution in [3.8, 4) is 5.69 Å². The number of hydrogen-bond acceptors (Lipinski definition) is 3. The number of amides is 1. The quantitative estimate of drug-likeness (QED) is 0.844. The maximum absolute atomic E-state index is 13.2. The Morgan fingerprint density at radius 1 is 1.22 bits per heavy atom. The van der Waals surface area contributed by atoms with Crippen molar-refractivity contribution in [3.63, 3.8) is 0 Å². The molecule has 1 saturated heterocycles. The van der Waals surface area contributed by atoms with E-state index in [2.05, 4.69) is 17.3 Å². The molecule has 0 spiro atoms. The first kappa shape index (κ1) is 21.4. The molecule has 1 aliphatic heterocycles. The van der Waals surface area contributed by atoms with E-state index in [9.17, 15) is 9.18 Å². The van der Waals surface area contributed by atoms with Crippen molar-refractivity contribution in [1.82, 2.24) is 20.0 Å². The van der Waals surface area contributed by atoms with Gasteiger partial charge in [0.1, 0.15) is 5.82 Å². The topological polar surface area (TPSA) is 50.2 Å². The Morgan fingerprint density at radius 3 is 2.44 bits per heavy atom. The summed E-state index contributed by atoms with van der Waals surface area (Å²) < 4.78 is 14.9. The molecule has 0 unspecified atom stereocenters. The molecule has 0 radical (unpaired) electrons. The second-order valence-corrected chi connectivity index (χ2v) is 6.98. The minimum absolute atomic E-state index is 0. The van der Waals surface area contributed by atoms with Crippen molar-refractivity contribution in [3.05, 3.63) is 47.0 Å². The molecule has 0 aliphatic carbocycles. The molecule has 1 aromatic heterocycles. The van der Waals surface area contributed by atoms with Gasteiger partial charge in [-0.15, -0.1) is 12.4 Å². The molecule has 1 aliphatic rings. The number of rotatable bonds is 5. The van der Waals surface area contributed by atoms with Gasteiger partial charge in [-0.05, 0) is 70.0 Å². The van der Waals surface area contributed by atoms with E-state index in [-0.39, 0.29) is 24.1 Å². The largest absolute Gasteiger partial charge is 0.339 e. The number of piperidine rings is 1. The maximum Gasteiger partial charge on any atom is 0.257 e. The smallest absolute Gasteiger partial charge is 0.257 e. The van der Waals surface area contributed by atoms with E-state index in [0.717, 1.165) is 50.4 Å². The summed E-state index contributed by atoms with van der Waals surface area (Å²) >= 11 is 0. The molecule has 2 heterocycles. The number of carbonyl (C=O) groups excluding carboxylic acids is 1. The molecule has 27 heavy (non-hydrogen) atoms. The summed E-state index contributed by atoms with van der Waals surface area (Å²) in [6.45, 7) is 9.46. The van der Waals surface area contributed by atoms with Crippen LogP contribution in [0.2, 0.25) is 0 Å². The zero-order valence-electron chi connectivity index (χ0n) is 16.2. The predicted octanol–water partition coefficient (Wildman–Crippen LogP) is 3.51. The van der Waals surface area contributed by atoms with E-state index in [4.69, 9.17) is 0 Å². The molecule has 148 valence electrons. The lowest BCUT2D eigenvalue weighted by Crippen LogP contribution is -2.41. The minimum atomic E-state index is -0.285. The lowest BCUT2D eigenvalue weighted by Gasteiger charge is -2.32. The number of aryl methyl sites for hydroxylation is 1. The number of aromatic nitrogens is 2. The van der Waals surface area contributed by atoms with Crippen LogP contribution in [-0.4, -0.2) is 46.8 Å². The molecule has 7 heteroatoms. The molecule has 1 fully saturated rings. The highest BCUT2D eigenvalue weighted by molar-refractivity contribution is 5.96. The molecule has 5 nitrogen and oxygen atoms in total. The number of nitrogens with one attached hydrogen (secondary N) is 1. The fourth-order valence-electron chi connectivity index (χ4n) is 3.63. The molecule has 1 amide bonds. The highest BCUT2D eigenvalue weighted by atomic mass is 35.5. The zero-order chi connectivity index (χ0) is 18.7. The summed E-state index contributed by atoms with van der Waals surface area (Å²) in [4.78, 5) is 15.0. The van der Waals surface area contributed by atoms with Gasteiger partial charge in [-0.1, -0.05) is 6.92 Å². The summed E-state index contributed by atoms with van der Waals surface area (Å²) in [5.74, 6) is 0.408. The zero-order valence-corrected chi connectivity index (χ0v) is 17.0. The van der Waals surface area contributed by atoms with E-state index in [0.29, 0.717) is 17.2 Å². The van der Waals surface area contributed by atoms with Gasteiger partial charge < -0.3 is 10.2 Å². The molecule has 3 rings (SSSR count). The second-order valence-electron chi connectivity index (χ2n) is 6.98. The SMILES string of the molecule is CCNCC1CCN(C(=O)c2c(C)nn(-c3ccc(F)cc3)c2C)CC1.Cl. The number of nitrogens with zero attached hydrogens (tertiary/aromatic N) is 3. The van der Waals surface area contributed by atoms with Crippen molar-refractivity contribution in [2.75, 3.05) is 26.2 Å². The third-order valence-electron chi connectivity index (χ3n) is 5.16. The van der Waals surface area contributed by atoms with Gasteiger partial charge in [-0.2, -0.15) is 5.10 Å². The summed E-state index contributed by atoms with van der Waals surface area (Å²) in [6.07, 6.45) is 2.06. The van der Waals surface area contributed by atoms with E-state index in [1.165, 1.54) is 12.1 Å². The lowest BCUT2D eigenvalue weighted by atomic mass is 9.96. The van der Waals surface area contributed by atoms with Gasteiger partial charge in [0.2, 0.25) is 0 Å². The van der Waals surface area contributed by atoms with Crippen LogP contribution in [-0.2, 0) is 0 Å². The van der Waals surface area contributed by atoms with Crippen molar-refractivity contribution >= 4 is 18.3 Å². The van der Waals surface area contributed by atoms with Crippen LogP contribution in [0.25, 0.3) is 5.69 Å². The molecule has 2 aromatic rings. The van der Waals surface area contributed by atoms with Gasteiger partial charge >= 0.3 is 0 Å². The number of halogens is 2. The van der Waals surface area contributed by atoms with Crippen LogP contribution in [0.1, 0.15) is 41.5 Å². The number of carbonyl (C=O) groups is 1. The highest BCUT2D eigenvalue weighted by Crippen LogP contribution is 2.23. The van der Waals surface area contributed by atoms with E-state index < -0.39 is 0 Å². The Labute approximate surface area is 166 Å². The number of hydrogen-bond donors (Lipinski definition) is 1. The average Bonchev–Trinajstić information content (AvgIpc) is 2.95. The van der Waals surface area contributed by atoms with Crippen molar-refractivity contribution in [1.29, 1.82) is 0 Å². The normalized spacial score (nSPS) is 14.9. The summed E-state index contributed by atoms with van der Waals surface area (Å²) in [6, 6.07) is 6.16. The first-order valence-corrected chi connectivity index (χ1v) is 9.33. The van der Waals surface area contributed by atoms with Crippen LogP contribution < -0.4 is 5.32 Å². The first-order valence-electron chi connectivity index (χ1n) is 9.33. The minimum Gasteiger partial charge on any atom is -0.339 e. The lowest BCUT2D eigenvalue weighted by molar-refractivity contribution is 0.0689. The van der Waals surface area contributed by atoms with Gasteiger partial charge in [0, 0.05) is 13.1 Å². The molecule has 1 N–H and O–H groups in total. The van der Waals surface area contributed by atoms with Gasteiger partial charge in [-0.3, -0.25) is 4.79 Å². The Morgan fingerprint density at radius 2 is 1.85 bits per heavy atom. The Hall–Kier alpha value is -1.92. The Kier molecular flexibility index (Phi) is 7.39. The maximum atomic E-state index is 13.2. The molecule has 0 saturated carbocycles. The van der Waals surface area contributed by atoms with Crippen LogP contribution in [0, 0.1) is 25.6 Å². The van der Waals surface area contributed by atoms with E-state index in [1.807, 2.05) is 18.7 Å². The number of likely N-dealkylation sites (tertiary alicyclic amines) is 1. The summed E-state index contributed by atoms with van der Waals surface area (Å²) in [5.41, 5.74) is 2.94. The fourth-order valence-corrected chi connectivity index (χ4v) is 3.63. The van der Waals surface area contributed by atoms with Gasteiger partial charge in [-0.25, -0.2) is 9.07 Å². The predicted molar refractivity (Wildman–Crippen MR) is 107 cm³/mol. The van der Waals surface area contributed by atoms with Crippen LogP contribution in [0.3, 0.4) is 0 Å². The third kappa shape index (κ3) is 4.68. The number of benzene rings is 1. The van der Waals surface area contributed by atoms with E-state index in [1.54, 1.807) is 16.8 Å². The molecule has 0 atom stereocenters. The molecule has 0 bridgehead atoms. The van der Waals surface area contributed by atoms with Gasteiger partial charge in [0.25, 0.3) is 5.91 Å². The molecule has 1 aromatic carbocycles. The summed E-state index contributed by atoms with van der Waals surface area (Å²) in [7, 11) is 0. The van der Waals surface area contributed by atoms with Crippen LogP contribution in [0.4, 0.5) is 4.39 Å². The fraction of sp³-hybridized carbons (Fsp3) is 0.500. The van der Waals surface area contributed by atoms with Crippen LogP contribution >= 0.6 is 12.4 Å². The molecular weight excluding hydrogens is 367 g/mol. The second kappa shape index (κ2) is 9.33. The average molecular weight is 395 g/mol. The standard InChI is InChI=1S/C20H27FN4O.ClH/c1-4-22-13-16-9-11-24(12-10-16)20(26)19-14(2)23-25(15(19)3)18-7-5-17(21)6-8-18;/h5-8,16,22H,4,9-13H2,1-3H3;1H. The summed E-state index contributed by atoms with van der Waals surface area (Å²) in [5, 5.41) is 7.91. The monoisotopic (exact) mass is 394 g/mol. The molecular formula is C20H28ClFN4O. The van der Waals surface area contributed by atoms with E-state index >= 15 is 0 Å². The van der Waals surface area contributed by atoms with Gasteiger partial charge in [0.05, 0.1) is 22.6 Å². The van der Waals surface area contributed by atoms with Crippen molar-refractivity contribution in [2.24, 2.45) is 5.92 Å².